The van der Waals surface area contributed by atoms with Crippen LogP contribution in [0, 0.1) is 5.92 Å². The molecule has 1 saturated carbocycles. The lowest BCUT2D eigenvalue weighted by molar-refractivity contribution is -0.119. The lowest BCUT2D eigenvalue weighted by Crippen LogP contribution is -2.51. The molecule has 0 spiro atoms. The second-order valence-electron chi connectivity index (χ2n) is 9.22. The number of carbonyl (C=O) groups is 1. The summed E-state index contributed by atoms with van der Waals surface area (Å²) in [5.41, 5.74) is 1.89. The standard InChI is InChI=1S/C14H13ClN6O.C13H17NO2/c15-11-13(16-7-17-14(11)21-5-8(22)6-21)18-12-9-3-1-2-4-10(9)19-20-12;1-3-14(13(15)10-4-5-10)11-6-8-12(16-2)9-7-11/h1-4,7-8,22H,5-6H2,(H2,16,17,18,19,20);6-10H,3-5H2,1-2H3. The lowest BCUT2D eigenvalue weighted by atomic mass is 10.2. The first-order valence-electron chi connectivity index (χ1n) is 12.6. The Bertz CT molecular complexity index is 1400. The highest BCUT2D eigenvalue weighted by Crippen LogP contribution is 2.34. The van der Waals surface area contributed by atoms with Gasteiger partial charge in [-0.1, -0.05) is 23.7 Å². The molecule has 1 aliphatic heterocycles. The number of H-pyrrole nitrogens is 1. The summed E-state index contributed by atoms with van der Waals surface area (Å²) in [6.07, 6.45) is 3.22. The molecule has 0 bridgehead atoms. The van der Waals surface area contributed by atoms with Crippen LogP contribution >= 0.6 is 11.6 Å². The van der Waals surface area contributed by atoms with Gasteiger partial charge in [-0.15, -0.1) is 0 Å². The molecule has 2 aromatic carbocycles. The Hall–Kier alpha value is -3.89. The Labute approximate surface area is 225 Å². The van der Waals surface area contributed by atoms with Crippen LogP contribution in [0.25, 0.3) is 10.9 Å². The van der Waals surface area contributed by atoms with E-state index in [-0.39, 0.29) is 17.9 Å². The topological polar surface area (TPSA) is 120 Å². The molecule has 0 radical (unpaired) electrons. The molecule has 2 fully saturated rings. The average molecular weight is 536 g/mol. The van der Waals surface area contributed by atoms with E-state index in [9.17, 15) is 9.90 Å². The van der Waals surface area contributed by atoms with Gasteiger partial charge in [-0.3, -0.25) is 9.89 Å². The number of rotatable bonds is 7. The number of anilines is 4. The number of nitrogens with one attached hydrogen (secondary N) is 2. The molecule has 1 amide bonds. The molecule has 4 aromatic rings. The van der Waals surface area contributed by atoms with E-state index in [0.717, 1.165) is 41.7 Å². The molecule has 3 heterocycles. The maximum Gasteiger partial charge on any atom is 0.230 e. The fraction of sp³-hybridized carbons (Fsp3) is 0.333. The molecule has 198 valence electrons. The molecule has 1 saturated heterocycles. The Morgan fingerprint density at radius 1 is 1.16 bits per heavy atom. The molecule has 0 atom stereocenters. The van der Waals surface area contributed by atoms with Gasteiger partial charge >= 0.3 is 0 Å². The summed E-state index contributed by atoms with van der Waals surface area (Å²) in [6.45, 7) is 3.79. The van der Waals surface area contributed by atoms with Crippen molar-refractivity contribution in [3.05, 3.63) is 59.9 Å². The Balaban J connectivity index is 0.000000163. The minimum absolute atomic E-state index is 0.257. The quantitative estimate of drug-likeness (QED) is 0.319. The van der Waals surface area contributed by atoms with Crippen molar-refractivity contribution in [2.75, 3.05) is 41.9 Å². The van der Waals surface area contributed by atoms with Gasteiger partial charge in [-0.2, -0.15) is 5.10 Å². The number of carbonyl (C=O) groups excluding carboxylic acids is 1. The number of nitrogens with zero attached hydrogens (tertiary/aromatic N) is 5. The smallest absolute Gasteiger partial charge is 0.230 e. The van der Waals surface area contributed by atoms with Crippen molar-refractivity contribution >= 4 is 51.6 Å². The Morgan fingerprint density at radius 2 is 1.89 bits per heavy atom. The molecule has 1 aliphatic carbocycles. The SMILES string of the molecule is CCN(C(=O)C1CC1)c1ccc(OC)cc1.OC1CN(c2ncnc(Nc3n[nH]c4ccccc34)c2Cl)C1. The van der Waals surface area contributed by atoms with Crippen LogP contribution in [0.3, 0.4) is 0 Å². The number of benzene rings is 2. The number of hydrogen-bond acceptors (Lipinski definition) is 8. The average Bonchev–Trinajstić information content (AvgIpc) is 3.71. The normalized spacial score (nSPS) is 14.9. The van der Waals surface area contributed by atoms with E-state index < -0.39 is 0 Å². The maximum atomic E-state index is 12.0. The van der Waals surface area contributed by atoms with Crippen molar-refractivity contribution in [3.8, 4) is 5.75 Å². The highest BCUT2D eigenvalue weighted by atomic mass is 35.5. The number of β-amino-alcohol motifs (C(OH)–C–C–N with tert-alkyl or cyclic N) is 1. The van der Waals surface area contributed by atoms with E-state index in [0.29, 0.717) is 35.6 Å². The number of aliphatic hydroxyl groups excluding tert-OH is 1. The summed E-state index contributed by atoms with van der Waals surface area (Å²) in [5, 5.41) is 21.1. The predicted molar refractivity (Wildman–Crippen MR) is 148 cm³/mol. The van der Waals surface area contributed by atoms with E-state index in [1.165, 1.54) is 6.33 Å². The first-order valence-corrected chi connectivity index (χ1v) is 12.9. The molecule has 38 heavy (non-hydrogen) atoms. The Morgan fingerprint density at radius 3 is 2.55 bits per heavy atom. The minimum Gasteiger partial charge on any atom is -0.497 e. The van der Waals surface area contributed by atoms with Gasteiger partial charge in [-0.25, -0.2) is 9.97 Å². The third-order valence-corrected chi connectivity index (χ3v) is 6.88. The van der Waals surface area contributed by atoms with Crippen LogP contribution in [-0.2, 0) is 4.79 Å². The van der Waals surface area contributed by atoms with Gasteiger partial charge < -0.3 is 25.0 Å². The van der Waals surface area contributed by atoms with Gasteiger partial charge in [0.1, 0.15) is 17.1 Å². The van der Waals surface area contributed by atoms with Crippen LogP contribution in [0.1, 0.15) is 19.8 Å². The summed E-state index contributed by atoms with van der Waals surface area (Å²) >= 11 is 6.38. The van der Waals surface area contributed by atoms with Crippen LogP contribution in [-0.4, -0.2) is 64.0 Å². The zero-order chi connectivity index (χ0) is 26.6. The monoisotopic (exact) mass is 535 g/mol. The highest BCUT2D eigenvalue weighted by molar-refractivity contribution is 6.35. The number of amides is 1. The van der Waals surface area contributed by atoms with E-state index >= 15 is 0 Å². The van der Waals surface area contributed by atoms with Crippen molar-refractivity contribution in [1.29, 1.82) is 0 Å². The van der Waals surface area contributed by atoms with Crippen LogP contribution in [0.2, 0.25) is 5.02 Å². The summed E-state index contributed by atoms with van der Waals surface area (Å²) < 4.78 is 5.10. The molecule has 10 nitrogen and oxygen atoms in total. The lowest BCUT2D eigenvalue weighted by Gasteiger charge is -2.37. The molecular formula is C27H30ClN7O3. The molecule has 2 aliphatic rings. The van der Waals surface area contributed by atoms with Crippen molar-refractivity contribution in [1.82, 2.24) is 20.2 Å². The second kappa shape index (κ2) is 11.2. The number of halogens is 1. The van der Waals surface area contributed by atoms with Gasteiger partial charge in [0.15, 0.2) is 17.5 Å². The van der Waals surface area contributed by atoms with E-state index in [2.05, 4.69) is 25.5 Å². The van der Waals surface area contributed by atoms with Gasteiger partial charge in [-0.05, 0) is 56.2 Å². The number of para-hydroxylation sites is 1. The Kier molecular flexibility index (Phi) is 7.62. The van der Waals surface area contributed by atoms with Gasteiger partial charge in [0.05, 0.1) is 18.7 Å². The largest absolute Gasteiger partial charge is 0.497 e. The number of fused-ring (bicyclic) bond motifs is 1. The number of aliphatic hydroxyl groups is 1. The molecule has 3 N–H and O–H groups in total. The van der Waals surface area contributed by atoms with Crippen molar-refractivity contribution in [3.63, 3.8) is 0 Å². The number of hydrogen-bond donors (Lipinski definition) is 3. The minimum atomic E-state index is -0.322. The van der Waals surface area contributed by atoms with E-state index in [1.807, 2.05) is 65.3 Å². The van der Waals surface area contributed by atoms with E-state index in [4.69, 9.17) is 16.3 Å². The van der Waals surface area contributed by atoms with Crippen molar-refractivity contribution < 1.29 is 14.6 Å². The van der Waals surface area contributed by atoms with Crippen molar-refractivity contribution in [2.24, 2.45) is 5.92 Å². The number of ether oxygens (including phenoxy) is 1. The first kappa shape index (κ1) is 25.7. The van der Waals surface area contributed by atoms with Gasteiger partial charge in [0, 0.05) is 36.6 Å². The van der Waals surface area contributed by atoms with Crippen molar-refractivity contribution in [2.45, 2.75) is 25.9 Å². The predicted octanol–water partition coefficient (Wildman–Crippen LogP) is 4.39. The number of aromatic amines is 1. The summed E-state index contributed by atoms with van der Waals surface area (Å²) in [4.78, 5) is 24.1. The van der Waals surface area contributed by atoms with E-state index in [1.54, 1.807) is 7.11 Å². The second-order valence-corrected chi connectivity index (χ2v) is 9.59. The van der Waals surface area contributed by atoms with Gasteiger partial charge in [0.2, 0.25) is 5.91 Å². The summed E-state index contributed by atoms with van der Waals surface area (Å²) in [5.74, 6) is 3.11. The zero-order valence-corrected chi connectivity index (χ0v) is 22.0. The fourth-order valence-corrected chi connectivity index (χ4v) is 4.51. The molecule has 6 rings (SSSR count). The first-order chi connectivity index (χ1) is 18.5. The number of aromatic nitrogens is 4. The third-order valence-electron chi connectivity index (χ3n) is 6.53. The fourth-order valence-electron chi connectivity index (χ4n) is 4.25. The molecular weight excluding hydrogens is 506 g/mol. The zero-order valence-electron chi connectivity index (χ0n) is 21.3. The summed E-state index contributed by atoms with van der Waals surface area (Å²) in [7, 11) is 1.64. The molecule has 0 unspecified atom stereocenters. The van der Waals surface area contributed by atoms with Crippen LogP contribution < -0.4 is 19.9 Å². The van der Waals surface area contributed by atoms with Gasteiger partial charge in [0.25, 0.3) is 0 Å². The van der Waals surface area contributed by atoms with Crippen LogP contribution in [0.5, 0.6) is 5.75 Å². The molecule has 11 heteroatoms. The number of methoxy groups -OCH3 is 1. The third kappa shape index (κ3) is 5.51. The van der Waals surface area contributed by atoms with Crippen LogP contribution in [0.15, 0.2) is 54.9 Å². The summed E-state index contributed by atoms with van der Waals surface area (Å²) in [6, 6.07) is 15.4. The van der Waals surface area contributed by atoms with Crippen LogP contribution in [0.4, 0.5) is 23.1 Å². The maximum absolute atomic E-state index is 12.0. The molecule has 2 aromatic heterocycles. The highest BCUT2D eigenvalue weighted by Gasteiger charge is 2.33.